The second-order valence-electron chi connectivity index (χ2n) is 9.70. The van der Waals surface area contributed by atoms with E-state index in [4.69, 9.17) is 9.15 Å². The van der Waals surface area contributed by atoms with Crippen molar-refractivity contribution in [1.29, 1.82) is 0 Å². The second-order valence-corrected chi connectivity index (χ2v) is 9.70. The van der Waals surface area contributed by atoms with Crippen molar-refractivity contribution in [3.63, 3.8) is 0 Å². The minimum atomic E-state index is -0.247. The first-order valence-corrected chi connectivity index (χ1v) is 14.1. The molecule has 1 amide bonds. The lowest BCUT2D eigenvalue weighted by atomic mass is 10.0. The van der Waals surface area contributed by atoms with Crippen LogP contribution in [0.2, 0.25) is 0 Å². The Labute approximate surface area is 226 Å². The zero-order valence-corrected chi connectivity index (χ0v) is 23.2. The van der Waals surface area contributed by atoms with Crippen molar-refractivity contribution in [2.75, 3.05) is 32.8 Å². The van der Waals surface area contributed by atoms with Crippen LogP contribution in [0, 0.1) is 0 Å². The Kier molecular flexibility index (Phi) is 12.3. The number of benzene rings is 2. The summed E-state index contributed by atoms with van der Waals surface area (Å²) >= 11 is 0. The molecular weight excluding hydrogens is 478 g/mol. The number of furan rings is 1. The Bertz CT molecular complexity index is 1130. The van der Waals surface area contributed by atoms with Gasteiger partial charge in [0.2, 0.25) is 0 Å². The number of hydrazine groups is 1. The van der Waals surface area contributed by atoms with E-state index < -0.39 is 0 Å². The summed E-state index contributed by atoms with van der Waals surface area (Å²) in [5.41, 5.74) is 7.63. The molecular formula is C31H43N3O4. The number of hydrogen-bond acceptors (Lipinski definition) is 6. The molecule has 2 N–H and O–H groups in total. The number of amides is 1. The first-order chi connectivity index (χ1) is 18.6. The molecule has 0 bridgehead atoms. The van der Waals surface area contributed by atoms with E-state index >= 15 is 0 Å². The van der Waals surface area contributed by atoms with Crippen molar-refractivity contribution >= 4 is 22.7 Å². The normalized spacial score (nSPS) is 11.3. The SMILES string of the molecule is CCCCNNC(=O)c1ccc2occ(C(=O)c3ccc(OCCCN(CCCC)CCCC)cc3)c2c1. The van der Waals surface area contributed by atoms with Gasteiger partial charge in [-0.1, -0.05) is 40.0 Å². The van der Waals surface area contributed by atoms with Crippen LogP contribution in [0.15, 0.2) is 53.1 Å². The molecule has 38 heavy (non-hydrogen) atoms. The Balaban J connectivity index is 1.57. The number of ketones is 1. The van der Waals surface area contributed by atoms with Crippen molar-refractivity contribution in [3.05, 3.63) is 65.4 Å². The van der Waals surface area contributed by atoms with Crippen LogP contribution in [0.5, 0.6) is 5.75 Å². The summed E-state index contributed by atoms with van der Waals surface area (Å²) in [5.74, 6) is 0.348. The largest absolute Gasteiger partial charge is 0.494 e. The van der Waals surface area contributed by atoms with Crippen LogP contribution >= 0.6 is 0 Å². The smallest absolute Gasteiger partial charge is 0.265 e. The zero-order chi connectivity index (χ0) is 27.2. The number of hydrogen-bond donors (Lipinski definition) is 2. The van der Waals surface area contributed by atoms with Gasteiger partial charge in [0.15, 0.2) is 5.78 Å². The quantitative estimate of drug-likeness (QED) is 0.115. The third-order valence-electron chi connectivity index (χ3n) is 6.60. The highest BCUT2D eigenvalue weighted by Gasteiger charge is 2.18. The molecule has 0 radical (unpaired) electrons. The van der Waals surface area contributed by atoms with E-state index in [-0.39, 0.29) is 11.7 Å². The Morgan fingerprint density at radius 1 is 0.842 bits per heavy atom. The minimum Gasteiger partial charge on any atom is -0.494 e. The number of ether oxygens (including phenoxy) is 1. The van der Waals surface area contributed by atoms with E-state index in [1.54, 1.807) is 30.3 Å². The van der Waals surface area contributed by atoms with E-state index in [0.29, 0.717) is 40.8 Å². The fourth-order valence-corrected chi connectivity index (χ4v) is 4.26. The summed E-state index contributed by atoms with van der Waals surface area (Å²) in [6.07, 6.45) is 9.34. The molecule has 0 saturated heterocycles. The molecule has 0 saturated carbocycles. The lowest BCUT2D eigenvalue weighted by molar-refractivity contribution is 0.0932. The van der Waals surface area contributed by atoms with E-state index in [1.165, 1.54) is 31.9 Å². The average Bonchev–Trinajstić information content (AvgIpc) is 3.37. The lowest BCUT2D eigenvalue weighted by Gasteiger charge is -2.21. The molecule has 2 aromatic carbocycles. The molecule has 0 atom stereocenters. The number of carbonyl (C=O) groups excluding carboxylic acids is 2. The average molecular weight is 522 g/mol. The van der Waals surface area contributed by atoms with Gasteiger partial charge in [0, 0.05) is 29.6 Å². The van der Waals surface area contributed by atoms with E-state index in [1.807, 2.05) is 12.1 Å². The molecule has 3 rings (SSSR count). The Morgan fingerprint density at radius 3 is 2.18 bits per heavy atom. The highest BCUT2D eigenvalue weighted by Crippen LogP contribution is 2.26. The van der Waals surface area contributed by atoms with Crippen molar-refractivity contribution in [3.8, 4) is 5.75 Å². The monoisotopic (exact) mass is 521 g/mol. The highest BCUT2D eigenvalue weighted by molar-refractivity contribution is 6.16. The predicted octanol–water partition coefficient (Wildman–Crippen LogP) is 6.37. The van der Waals surface area contributed by atoms with Crippen molar-refractivity contribution < 1.29 is 18.7 Å². The van der Waals surface area contributed by atoms with Crippen LogP contribution < -0.4 is 15.6 Å². The Hall–Kier alpha value is -3.16. The maximum absolute atomic E-state index is 13.2. The van der Waals surface area contributed by atoms with Gasteiger partial charge in [0.25, 0.3) is 5.91 Å². The summed E-state index contributed by atoms with van der Waals surface area (Å²) in [5, 5.41) is 0.618. The van der Waals surface area contributed by atoms with Gasteiger partial charge in [-0.25, -0.2) is 5.43 Å². The first kappa shape index (κ1) is 29.4. The van der Waals surface area contributed by atoms with Crippen molar-refractivity contribution in [2.45, 2.75) is 65.7 Å². The maximum atomic E-state index is 13.2. The molecule has 3 aromatic rings. The summed E-state index contributed by atoms with van der Waals surface area (Å²) in [6, 6.07) is 12.3. The highest BCUT2D eigenvalue weighted by atomic mass is 16.5. The van der Waals surface area contributed by atoms with Gasteiger partial charge < -0.3 is 14.1 Å². The van der Waals surface area contributed by atoms with Crippen molar-refractivity contribution in [1.82, 2.24) is 15.8 Å². The van der Waals surface area contributed by atoms with Gasteiger partial charge >= 0.3 is 0 Å². The number of nitrogens with zero attached hydrogens (tertiary/aromatic N) is 1. The molecule has 0 aliphatic heterocycles. The Morgan fingerprint density at radius 2 is 1.50 bits per heavy atom. The number of unbranched alkanes of at least 4 members (excludes halogenated alkanes) is 3. The van der Waals surface area contributed by atoms with Crippen LogP contribution in [0.4, 0.5) is 0 Å². The van der Waals surface area contributed by atoms with Gasteiger partial charge in [-0.3, -0.25) is 15.0 Å². The molecule has 0 aliphatic rings. The minimum absolute atomic E-state index is 0.156. The second kappa shape index (κ2) is 15.9. The number of carbonyl (C=O) groups is 2. The molecule has 7 nitrogen and oxygen atoms in total. The predicted molar refractivity (Wildman–Crippen MR) is 153 cm³/mol. The van der Waals surface area contributed by atoms with Crippen LogP contribution in [-0.4, -0.2) is 49.4 Å². The molecule has 0 spiro atoms. The molecule has 0 aliphatic carbocycles. The van der Waals surface area contributed by atoms with Gasteiger partial charge in [-0.05, 0) is 81.2 Å². The fraction of sp³-hybridized carbons (Fsp3) is 0.484. The van der Waals surface area contributed by atoms with E-state index in [2.05, 4.69) is 36.5 Å². The molecule has 0 fully saturated rings. The van der Waals surface area contributed by atoms with Crippen LogP contribution in [0.1, 0.15) is 92.0 Å². The van der Waals surface area contributed by atoms with Crippen LogP contribution in [0.3, 0.4) is 0 Å². The number of rotatable bonds is 18. The fourth-order valence-electron chi connectivity index (χ4n) is 4.26. The zero-order valence-electron chi connectivity index (χ0n) is 23.2. The van der Waals surface area contributed by atoms with Gasteiger partial charge in [0.05, 0.1) is 12.2 Å². The van der Waals surface area contributed by atoms with Crippen molar-refractivity contribution in [2.24, 2.45) is 0 Å². The standard InChI is InChI=1S/C31H43N3O4/c1-4-7-17-32-33-31(36)25-13-16-29-27(22-25)28(23-38-29)30(35)24-11-14-26(15-12-24)37-21-10-20-34(18-8-5-2)19-9-6-3/h11-16,22-23,32H,4-10,17-21H2,1-3H3,(H,33,36). The third kappa shape index (κ3) is 8.71. The van der Waals surface area contributed by atoms with Gasteiger partial charge in [-0.2, -0.15) is 0 Å². The van der Waals surface area contributed by atoms with E-state index in [0.717, 1.165) is 44.6 Å². The first-order valence-electron chi connectivity index (χ1n) is 14.1. The van der Waals surface area contributed by atoms with Gasteiger partial charge in [-0.15, -0.1) is 0 Å². The summed E-state index contributed by atoms with van der Waals surface area (Å²) < 4.78 is 11.5. The topological polar surface area (TPSA) is 83.8 Å². The molecule has 206 valence electrons. The summed E-state index contributed by atoms with van der Waals surface area (Å²) in [4.78, 5) is 28.3. The molecule has 1 aromatic heterocycles. The lowest BCUT2D eigenvalue weighted by Crippen LogP contribution is -2.37. The number of fused-ring (bicyclic) bond motifs is 1. The molecule has 7 heteroatoms. The van der Waals surface area contributed by atoms with Crippen LogP contribution in [0.25, 0.3) is 11.0 Å². The van der Waals surface area contributed by atoms with Crippen LogP contribution in [-0.2, 0) is 0 Å². The molecule has 1 heterocycles. The van der Waals surface area contributed by atoms with Gasteiger partial charge in [0.1, 0.15) is 17.6 Å². The van der Waals surface area contributed by atoms with E-state index in [9.17, 15) is 9.59 Å². The number of nitrogens with one attached hydrogen (secondary N) is 2. The summed E-state index contributed by atoms with van der Waals surface area (Å²) in [7, 11) is 0. The third-order valence-corrected chi connectivity index (χ3v) is 6.60. The maximum Gasteiger partial charge on any atom is 0.265 e. The molecule has 0 unspecified atom stereocenters. The summed E-state index contributed by atoms with van der Waals surface area (Å²) in [6.45, 7) is 11.2.